The first-order valence-electron chi connectivity index (χ1n) is 6.58. The Morgan fingerprint density at radius 1 is 1.30 bits per heavy atom. The van der Waals surface area contributed by atoms with E-state index < -0.39 is 0 Å². The van der Waals surface area contributed by atoms with E-state index in [2.05, 4.69) is 5.32 Å². The van der Waals surface area contributed by atoms with Gasteiger partial charge in [-0.3, -0.25) is 4.79 Å². The van der Waals surface area contributed by atoms with Crippen LogP contribution < -0.4 is 5.32 Å². The minimum atomic E-state index is 0.0538. The summed E-state index contributed by atoms with van der Waals surface area (Å²) < 4.78 is 5.61. The molecule has 1 N–H and O–H groups in total. The molecule has 0 bridgehead atoms. The van der Waals surface area contributed by atoms with Gasteiger partial charge in [0.15, 0.2) is 0 Å². The van der Waals surface area contributed by atoms with Crippen LogP contribution in [-0.4, -0.2) is 42.6 Å². The predicted octanol–water partition coefficient (Wildman–Crippen LogP) is 3.04. The number of hydrogen-bond acceptors (Lipinski definition) is 3. The summed E-state index contributed by atoms with van der Waals surface area (Å²) in [6.07, 6.45) is 0.153. The molecular weight excluding hydrogens is 299 g/mol. The van der Waals surface area contributed by atoms with Gasteiger partial charge >= 0.3 is 0 Å². The van der Waals surface area contributed by atoms with Gasteiger partial charge in [0.1, 0.15) is 0 Å². The number of nitrogens with zero attached hydrogens (tertiary/aromatic N) is 1. The highest BCUT2D eigenvalue weighted by Crippen LogP contribution is 2.24. The van der Waals surface area contributed by atoms with Crippen molar-refractivity contribution in [2.24, 2.45) is 0 Å². The number of anilines is 1. The highest BCUT2D eigenvalue weighted by molar-refractivity contribution is 6.42. The summed E-state index contributed by atoms with van der Waals surface area (Å²) in [5, 5.41) is 4.03. The third kappa shape index (κ3) is 4.01. The van der Waals surface area contributed by atoms with Crippen molar-refractivity contribution in [2.45, 2.75) is 26.1 Å². The first kappa shape index (κ1) is 15.4. The molecule has 0 spiro atoms. The van der Waals surface area contributed by atoms with Crippen LogP contribution in [0.1, 0.15) is 13.8 Å². The molecule has 2 atom stereocenters. The first-order chi connectivity index (χ1) is 9.45. The molecule has 1 heterocycles. The number of carbonyl (C=O) groups excluding carboxylic acids is 1. The zero-order valence-electron chi connectivity index (χ0n) is 11.5. The first-order valence-corrected chi connectivity index (χ1v) is 7.33. The fourth-order valence-corrected chi connectivity index (χ4v) is 2.58. The largest absolute Gasteiger partial charge is 0.376 e. The van der Waals surface area contributed by atoms with E-state index in [-0.39, 0.29) is 24.7 Å². The average molecular weight is 317 g/mol. The van der Waals surface area contributed by atoms with Gasteiger partial charge in [0, 0.05) is 18.8 Å². The van der Waals surface area contributed by atoms with E-state index in [1.54, 1.807) is 18.2 Å². The molecule has 0 aliphatic carbocycles. The van der Waals surface area contributed by atoms with Crippen molar-refractivity contribution in [2.75, 3.05) is 25.0 Å². The molecule has 2 rings (SSSR count). The highest BCUT2D eigenvalue weighted by Gasteiger charge is 2.25. The van der Waals surface area contributed by atoms with Gasteiger partial charge in [-0.15, -0.1) is 0 Å². The zero-order valence-corrected chi connectivity index (χ0v) is 13.0. The molecule has 1 fully saturated rings. The third-order valence-electron chi connectivity index (χ3n) is 3.14. The standard InChI is InChI=1S/C14H18Cl2N2O2/c1-9-7-18(8-10(2)20-9)14(19)6-17-11-3-4-12(15)13(16)5-11/h3-5,9-10,17H,6-8H2,1-2H3/t9-,10-/m1/s1. The Bertz CT molecular complexity index is 486. The van der Waals surface area contributed by atoms with Crippen LogP contribution in [0.5, 0.6) is 0 Å². The molecule has 0 unspecified atom stereocenters. The number of carbonyl (C=O) groups is 1. The van der Waals surface area contributed by atoms with E-state index in [1.807, 2.05) is 18.7 Å². The van der Waals surface area contributed by atoms with E-state index in [9.17, 15) is 4.79 Å². The molecule has 20 heavy (non-hydrogen) atoms. The molecule has 1 aliphatic heterocycles. The van der Waals surface area contributed by atoms with Gasteiger partial charge in [0.05, 0.1) is 28.8 Å². The lowest BCUT2D eigenvalue weighted by atomic mass is 10.2. The van der Waals surface area contributed by atoms with Crippen molar-refractivity contribution < 1.29 is 9.53 Å². The van der Waals surface area contributed by atoms with Crippen molar-refractivity contribution >= 4 is 34.8 Å². The number of benzene rings is 1. The lowest BCUT2D eigenvalue weighted by molar-refractivity contribution is -0.141. The maximum absolute atomic E-state index is 12.2. The summed E-state index contributed by atoms with van der Waals surface area (Å²) in [4.78, 5) is 14.0. The molecule has 0 aromatic heterocycles. The minimum absolute atomic E-state index is 0.0538. The number of morpholine rings is 1. The maximum Gasteiger partial charge on any atom is 0.242 e. The van der Waals surface area contributed by atoms with Gasteiger partial charge in [-0.05, 0) is 32.0 Å². The summed E-state index contributed by atoms with van der Waals surface area (Å²) in [6, 6.07) is 5.21. The molecule has 1 aliphatic rings. The average Bonchev–Trinajstić information content (AvgIpc) is 2.38. The smallest absolute Gasteiger partial charge is 0.242 e. The van der Waals surface area contributed by atoms with E-state index in [1.165, 1.54) is 0 Å². The van der Waals surface area contributed by atoms with Crippen LogP contribution in [0.3, 0.4) is 0 Å². The van der Waals surface area contributed by atoms with E-state index in [0.29, 0.717) is 23.1 Å². The normalized spacial score (nSPS) is 22.7. The van der Waals surface area contributed by atoms with Gasteiger partial charge < -0.3 is 15.0 Å². The molecule has 1 saturated heterocycles. The zero-order chi connectivity index (χ0) is 14.7. The summed E-state index contributed by atoms with van der Waals surface area (Å²) in [5.41, 5.74) is 0.780. The number of halogens is 2. The van der Waals surface area contributed by atoms with Gasteiger partial charge in [-0.1, -0.05) is 23.2 Å². The second-order valence-corrected chi connectivity index (χ2v) is 5.85. The monoisotopic (exact) mass is 316 g/mol. The van der Waals surface area contributed by atoms with Gasteiger partial charge in [0.2, 0.25) is 5.91 Å². The molecule has 4 nitrogen and oxygen atoms in total. The molecular formula is C14H18Cl2N2O2. The number of amides is 1. The highest BCUT2D eigenvalue weighted by atomic mass is 35.5. The van der Waals surface area contributed by atoms with Crippen LogP contribution in [0.2, 0.25) is 10.0 Å². The number of ether oxygens (including phenoxy) is 1. The van der Waals surface area contributed by atoms with Crippen LogP contribution in [0.15, 0.2) is 18.2 Å². The number of rotatable bonds is 3. The minimum Gasteiger partial charge on any atom is -0.376 e. The maximum atomic E-state index is 12.2. The van der Waals surface area contributed by atoms with Crippen LogP contribution in [-0.2, 0) is 9.53 Å². The van der Waals surface area contributed by atoms with Crippen molar-refractivity contribution in [1.29, 1.82) is 0 Å². The van der Waals surface area contributed by atoms with Crippen LogP contribution in [0.25, 0.3) is 0 Å². The van der Waals surface area contributed by atoms with Crippen molar-refractivity contribution in [3.63, 3.8) is 0 Å². The van der Waals surface area contributed by atoms with Crippen LogP contribution >= 0.6 is 23.2 Å². The molecule has 1 amide bonds. The molecule has 1 aromatic rings. The van der Waals surface area contributed by atoms with E-state index in [4.69, 9.17) is 27.9 Å². The summed E-state index contributed by atoms with van der Waals surface area (Å²) >= 11 is 11.8. The van der Waals surface area contributed by atoms with E-state index in [0.717, 1.165) is 5.69 Å². The third-order valence-corrected chi connectivity index (χ3v) is 3.87. The van der Waals surface area contributed by atoms with Gasteiger partial charge in [-0.2, -0.15) is 0 Å². The van der Waals surface area contributed by atoms with Crippen LogP contribution in [0, 0.1) is 0 Å². The van der Waals surface area contributed by atoms with Crippen molar-refractivity contribution in [3.8, 4) is 0 Å². The second-order valence-electron chi connectivity index (χ2n) is 5.04. The molecule has 0 radical (unpaired) electrons. The lowest BCUT2D eigenvalue weighted by Crippen LogP contribution is -2.49. The topological polar surface area (TPSA) is 41.6 Å². The number of hydrogen-bond donors (Lipinski definition) is 1. The van der Waals surface area contributed by atoms with Gasteiger partial charge in [-0.25, -0.2) is 0 Å². The summed E-state index contributed by atoms with van der Waals surface area (Å²) in [7, 11) is 0. The molecule has 110 valence electrons. The SMILES string of the molecule is C[C@@H]1CN(C(=O)CNc2ccc(Cl)c(Cl)c2)C[C@@H](C)O1. The Balaban J connectivity index is 1.89. The molecule has 6 heteroatoms. The van der Waals surface area contributed by atoms with E-state index >= 15 is 0 Å². The van der Waals surface area contributed by atoms with Crippen LogP contribution in [0.4, 0.5) is 5.69 Å². The fourth-order valence-electron chi connectivity index (χ4n) is 2.28. The Morgan fingerprint density at radius 3 is 2.55 bits per heavy atom. The Morgan fingerprint density at radius 2 is 1.95 bits per heavy atom. The number of nitrogens with one attached hydrogen (secondary N) is 1. The second kappa shape index (κ2) is 6.66. The Hall–Kier alpha value is -0.970. The van der Waals surface area contributed by atoms with Crippen molar-refractivity contribution in [3.05, 3.63) is 28.2 Å². The van der Waals surface area contributed by atoms with Crippen molar-refractivity contribution in [1.82, 2.24) is 4.90 Å². The fraction of sp³-hybridized carbons (Fsp3) is 0.500. The lowest BCUT2D eigenvalue weighted by Gasteiger charge is -2.35. The summed E-state index contributed by atoms with van der Waals surface area (Å²) in [5.74, 6) is 0.0538. The Kier molecular flexibility index (Phi) is 5.13. The molecule has 0 saturated carbocycles. The predicted molar refractivity (Wildman–Crippen MR) is 81.5 cm³/mol. The molecule has 1 aromatic carbocycles. The quantitative estimate of drug-likeness (QED) is 0.932. The van der Waals surface area contributed by atoms with Gasteiger partial charge in [0.25, 0.3) is 0 Å². The Labute approximate surface area is 129 Å². The summed E-state index contributed by atoms with van der Waals surface area (Å²) in [6.45, 7) is 5.44.